The summed E-state index contributed by atoms with van der Waals surface area (Å²) in [5, 5.41) is 23.3. The van der Waals surface area contributed by atoms with Gasteiger partial charge in [0, 0.05) is 43.0 Å². The molecule has 1 fully saturated rings. The summed E-state index contributed by atoms with van der Waals surface area (Å²) in [4.78, 5) is 39.9. The molecular weight excluding hydrogens is 677 g/mol. The molecule has 50 heavy (non-hydrogen) atoms. The Morgan fingerprint density at radius 3 is 2.56 bits per heavy atom. The van der Waals surface area contributed by atoms with Crippen LogP contribution in [0.1, 0.15) is 68.8 Å². The molecule has 4 aromatic rings. The highest BCUT2D eigenvalue weighted by atomic mass is 35.5. The van der Waals surface area contributed by atoms with Gasteiger partial charge in [0.05, 0.1) is 46.7 Å². The molecular formula is C34H34ClF3N8O4. The summed E-state index contributed by atoms with van der Waals surface area (Å²) in [6.07, 6.45) is 1.21. The van der Waals surface area contributed by atoms with Crippen LogP contribution in [0.5, 0.6) is 0 Å². The highest BCUT2D eigenvalue weighted by Gasteiger charge is 2.33. The van der Waals surface area contributed by atoms with Crippen molar-refractivity contribution in [2.45, 2.75) is 50.9 Å². The van der Waals surface area contributed by atoms with Crippen LogP contribution in [0.4, 0.5) is 24.5 Å². The van der Waals surface area contributed by atoms with Crippen molar-refractivity contribution in [1.29, 1.82) is 0 Å². The van der Waals surface area contributed by atoms with Crippen molar-refractivity contribution in [3.8, 4) is 0 Å². The second-order valence-electron chi connectivity index (χ2n) is 11.8. The third-order valence-electron chi connectivity index (χ3n) is 7.92. The summed E-state index contributed by atoms with van der Waals surface area (Å²) < 4.78 is 41.4. The van der Waals surface area contributed by atoms with Crippen LogP contribution in [0.25, 0.3) is 0 Å². The zero-order valence-electron chi connectivity index (χ0n) is 26.7. The van der Waals surface area contributed by atoms with Crippen molar-refractivity contribution in [3.05, 3.63) is 105 Å². The van der Waals surface area contributed by atoms with E-state index in [0.717, 1.165) is 62.0 Å². The number of piperidine rings is 1. The number of carboxylic acid groups (broad SMARTS) is 1. The average Bonchev–Trinajstić information content (AvgIpc) is 3.51. The third kappa shape index (κ3) is 9.66. The number of hydrogen-bond acceptors (Lipinski definition) is 8. The molecule has 1 aliphatic rings. The molecule has 0 saturated carbocycles. The van der Waals surface area contributed by atoms with E-state index in [1.807, 2.05) is 6.07 Å². The molecule has 1 unspecified atom stereocenters. The number of carbonyl (C=O) groups excluding carboxylic acids is 2. The highest BCUT2D eigenvalue weighted by Crippen LogP contribution is 2.35. The largest absolute Gasteiger partial charge is 0.481 e. The van der Waals surface area contributed by atoms with Crippen LogP contribution in [0.2, 0.25) is 5.02 Å². The van der Waals surface area contributed by atoms with Gasteiger partial charge in [0.15, 0.2) is 0 Å². The van der Waals surface area contributed by atoms with Crippen LogP contribution in [0.15, 0.2) is 72.0 Å². The maximum Gasteiger partial charge on any atom is 0.417 e. The van der Waals surface area contributed by atoms with Gasteiger partial charge < -0.3 is 21.1 Å². The molecule has 262 valence electrons. The molecule has 5 N–H and O–H groups in total. The van der Waals surface area contributed by atoms with E-state index in [1.54, 1.807) is 47.3 Å². The summed E-state index contributed by atoms with van der Waals surface area (Å²) in [5.41, 5.74) is 9.92. The summed E-state index contributed by atoms with van der Waals surface area (Å²) in [7, 11) is 0. The van der Waals surface area contributed by atoms with E-state index in [4.69, 9.17) is 22.4 Å². The number of alkyl halides is 3. The standard InChI is InChI=1S/C34H34ClF3N8O4/c35-29-9-7-21(14-28(29)34(36,37)38)18-40-43-33(50)27-17-26(45-11-2-1-3-12-45)8-10-30(27)41-32(49)23-6-4-5-22(13-23)19-46-20-25(42-44-46)15-24(39)16-31(47)48/h4-10,13-14,17-18,20,24H,1-3,11-12,15-16,19,39H2,(H,41,49)(H,43,50)(H,47,48)/b40-18-. The Kier molecular flexibility index (Phi) is 11.5. The summed E-state index contributed by atoms with van der Waals surface area (Å²) >= 11 is 5.70. The number of carboxylic acids is 1. The molecule has 1 atom stereocenters. The van der Waals surface area contributed by atoms with Crippen LogP contribution >= 0.6 is 11.6 Å². The Labute approximate surface area is 290 Å². The molecule has 0 aliphatic carbocycles. The van der Waals surface area contributed by atoms with Crippen LogP contribution in [0, 0.1) is 0 Å². The lowest BCUT2D eigenvalue weighted by atomic mass is 10.1. The Hall–Kier alpha value is -5.28. The van der Waals surface area contributed by atoms with Gasteiger partial charge in [-0.05, 0) is 72.9 Å². The second kappa shape index (κ2) is 16.0. The minimum absolute atomic E-state index is 0.0707. The van der Waals surface area contributed by atoms with E-state index >= 15 is 0 Å². The first-order valence-electron chi connectivity index (χ1n) is 15.7. The number of rotatable bonds is 12. The number of benzene rings is 3. The van der Waals surface area contributed by atoms with Crippen molar-refractivity contribution in [2.24, 2.45) is 10.8 Å². The predicted octanol–water partition coefficient (Wildman–Crippen LogP) is 5.35. The number of hydrazone groups is 1. The summed E-state index contributed by atoms with van der Waals surface area (Å²) in [5.74, 6) is -2.17. The zero-order chi connectivity index (χ0) is 35.8. The first kappa shape index (κ1) is 36.0. The van der Waals surface area contributed by atoms with Gasteiger partial charge in [0.25, 0.3) is 11.8 Å². The Morgan fingerprint density at radius 1 is 1.04 bits per heavy atom. The molecule has 0 spiro atoms. The number of aliphatic carboxylic acids is 1. The number of halogens is 4. The fourth-order valence-electron chi connectivity index (χ4n) is 5.51. The maximum absolute atomic E-state index is 13.5. The smallest absolute Gasteiger partial charge is 0.417 e. The fourth-order valence-corrected chi connectivity index (χ4v) is 5.74. The van der Waals surface area contributed by atoms with Gasteiger partial charge in [-0.15, -0.1) is 5.10 Å². The number of nitrogens with zero attached hydrogens (tertiary/aromatic N) is 5. The molecule has 3 aromatic carbocycles. The number of amides is 2. The highest BCUT2D eigenvalue weighted by molar-refractivity contribution is 6.31. The lowest BCUT2D eigenvalue weighted by Crippen LogP contribution is -2.30. The lowest BCUT2D eigenvalue weighted by molar-refractivity contribution is -0.138. The minimum atomic E-state index is -4.66. The Morgan fingerprint density at radius 2 is 1.82 bits per heavy atom. The fraction of sp³-hybridized carbons (Fsp3) is 0.294. The first-order chi connectivity index (χ1) is 23.9. The van der Waals surface area contributed by atoms with E-state index in [0.29, 0.717) is 11.3 Å². The second-order valence-corrected chi connectivity index (χ2v) is 12.2. The molecule has 16 heteroatoms. The monoisotopic (exact) mass is 710 g/mol. The minimum Gasteiger partial charge on any atom is -0.481 e. The molecule has 2 heterocycles. The van der Waals surface area contributed by atoms with E-state index in [2.05, 4.69) is 31.1 Å². The number of hydrogen-bond donors (Lipinski definition) is 4. The van der Waals surface area contributed by atoms with Gasteiger partial charge in [-0.25, -0.2) is 10.1 Å². The number of carbonyl (C=O) groups is 3. The van der Waals surface area contributed by atoms with Gasteiger partial charge >= 0.3 is 12.1 Å². The number of anilines is 2. The Balaban J connectivity index is 1.32. The predicted molar refractivity (Wildman–Crippen MR) is 181 cm³/mol. The van der Waals surface area contributed by atoms with Crippen LogP contribution < -0.4 is 21.4 Å². The molecule has 2 amide bonds. The van der Waals surface area contributed by atoms with Gasteiger partial charge in [-0.1, -0.05) is 35.0 Å². The van der Waals surface area contributed by atoms with Crippen molar-refractivity contribution >= 4 is 47.0 Å². The van der Waals surface area contributed by atoms with Crippen molar-refractivity contribution in [2.75, 3.05) is 23.3 Å². The number of nitrogens with one attached hydrogen (secondary N) is 2. The number of aromatic nitrogens is 3. The van der Waals surface area contributed by atoms with Gasteiger partial charge in [-0.3, -0.25) is 14.4 Å². The molecule has 0 radical (unpaired) electrons. The zero-order valence-corrected chi connectivity index (χ0v) is 27.4. The van der Waals surface area contributed by atoms with Gasteiger partial charge in [0.2, 0.25) is 0 Å². The van der Waals surface area contributed by atoms with E-state index in [9.17, 15) is 27.6 Å². The van der Waals surface area contributed by atoms with E-state index < -0.39 is 40.6 Å². The maximum atomic E-state index is 13.5. The van der Waals surface area contributed by atoms with Crippen molar-refractivity contribution in [3.63, 3.8) is 0 Å². The van der Waals surface area contributed by atoms with E-state index in [-0.39, 0.29) is 36.2 Å². The molecule has 1 saturated heterocycles. The molecule has 0 bridgehead atoms. The van der Waals surface area contributed by atoms with Crippen LogP contribution in [-0.2, 0) is 23.9 Å². The quantitative estimate of drug-likeness (QED) is 0.113. The molecule has 5 rings (SSSR count). The SMILES string of the molecule is NC(CC(=O)O)Cc1cn(Cc2cccc(C(=O)Nc3ccc(N4CCCCC4)cc3C(=O)N/N=C\c3ccc(Cl)c(C(F)(F)F)c3)c2)nn1. The first-order valence-corrected chi connectivity index (χ1v) is 16.1. The van der Waals surface area contributed by atoms with Crippen molar-refractivity contribution < 1.29 is 32.7 Å². The van der Waals surface area contributed by atoms with E-state index in [1.165, 1.54) is 6.07 Å². The summed E-state index contributed by atoms with van der Waals surface area (Å²) in [6.45, 7) is 1.88. The number of nitrogens with two attached hydrogens (primary N) is 1. The third-order valence-corrected chi connectivity index (χ3v) is 8.25. The van der Waals surface area contributed by atoms with Crippen molar-refractivity contribution in [1.82, 2.24) is 20.4 Å². The molecule has 1 aliphatic heterocycles. The van der Waals surface area contributed by atoms with Crippen LogP contribution in [-0.4, -0.2) is 63.2 Å². The average molecular weight is 711 g/mol. The molecule has 12 nitrogen and oxygen atoms in total. The van der Waals surface area contributed by atoms with Crippen LogP contribution in [0.3, 0.4) is 0 Å². The van der Waals surface area contributed by atoms with Gasteiger partial charge in [0.1, 0.15) is 0 Å². The summed E-state index contributed by atoms with van der Waals surface area (Å²) in [6, 6.07) is 14.5. The lowest BCUT2D eigenvalue weighted by Gasteiger charge is -2.29. The van der Waals surface area contributed by atoms with Gasteiger partial charge in [-0.2, -0.15) is 18.3 Å². The molecule has 1 aromatic heterocycles. The topological polar surface area (TPSA) is 168 Å². The Bertz CT molecular complexity index is 1890. The normalized spacial score (nSPS) is 14.1.